The van der Waals surface area contributed by atoms with E-state index < -0.39 is 0 Å². The van der Waals surface area contributed by atoms with E-state index >= 15 is 0 Å². The summed E-state index contributed by atoms with van der Waals surface area (Å²) in [5, 5.41) is 3.00. The Morgan fingerprint density at radius 3 is 2.32 bits per heavy atom. The number of likely N-dealkylation sites (tertiary alicyclic amines) is 1. The molecule has 0 atom stereocenters. The van der Waals surface area contributed by atoms with Gasteiger partial charge in [0.05, 0.1) is 0 Å². The summed E-state index contributed by atoms with van der Waals surface area (Å²) in [6, 6.07) is 8.20. The van der Waals surface area contributed by atoms with Gasteiger partial charge in [-0.15, -0.1) is 0 Å². The maximum atomic E-state index is 12.1. The zero-order valence-electron chi connectivity index (χ0n) is 14.5. The predicted molar refractivity (Wildman–Crippen MR) is 93.2 cm³/mol. The van der Waals surface area contributed by atoms with Crippen LogP contribution in [0.3, 0.4) is 0 Å². The third-order valence-corrected chi connectivity index (χ3v) is 4.57. The first-order valence-corrected chi connectivity index (χ1v) is 8.47. The van der Waals surface area contributed by atoms with Crippen LogP contribution in [0.5, 0.6) is 0 Å². The van der Waals surface area contributed by atoms with Gasteiger partial charge in [-0.25, -0.2) is 0 Å². The summed E-state index contributed by atoms with van der Waals surface area (Å²) in [5.41, 5.74) is 2.33. The molecule has 1 N–H and O–H groups in total. The van der Waals surface area contributed by atoms with Crippen LogP contribution < -0.4 is 5.32 Å². The molecule has 1 amide bonds. The van der Waals surface area contributed by atoms with E-state index in [0.29, 0.717) is 6.42 Å². The quantitative estimate of drug-likeness (QED) is 0.910. The Morgan fingerprint density at radius 1 is 1.18 bits per heavy atom. The largest absolute Gasteiger partial charge is 0.326 e. The predicted octanol–water partition coefficient (Wildman–Crippen LogP) is 4.04. The fourth-order valence-corrected chi connectivity index (χ4v) is 2.82. The summed E-state index contributed by atoms with van der Waals surface area (Å²) < 4.78 is 0. The number of nitrogens with zero attached hydrogens (tertiary/aromatic N) is 1. The zero-order chi connectivity index (χ0) is 16.2. The van der Waals surface area contributed by atoms with Crippen LogP contribution in [0, 0.1) is 5.92 Å². The summed E-state index contributed by atoms with van der Waals surface area (Å²) in [5.74, 6) is 0.952. The second-order valence-electron chi connectivity index (χ2n) is 7.65. The highest BCUT2D eigenvalue weighted by Crippen LogP contribution is 2.23. The van der Waals surface area contributed by atoms with Crippen molar-refractivity contribution in [1.82, 2.24) is 4.90 Å². The lowest BCUT2D eigenvalue weighted by atomic mass is 9.87. The van der Waals surface area contributed by atoms with Gasteiger partial charge in [-0.3, -0.25) is 4.79 Å². The topological polar surface area (TPSA) is 32.3 Å². The molecule has 0 aromatic heterocycles. The van der Waals surface area contributed by atoms with E-state index in [0.717, 1.165) is 31.2 Å². The van der Waals surface area contributed by atoms with Crippen molar-refractivity contribution in [3.63, 3.8) is 0 Å². The monoisotopic (exact) mass is 302 g/mol. The number of hydrogen-bond acceptors (Lipinski definition) is 2. The molecule has 1 aliphatic rings. The minimum absolute atomic E-state index is 0.113. The average molecular weight is 302 g/mol. The molecular weight excluding hydrogens is 272 g/mol. The number of rotatable bonds is 4. The van der Waals surface area contributed by atoms with Gasteiger partial charge < -0.3 is 10.2 Å². The molecule has 0 radical (unpaired) electrons. The Kier molecular flexibility index (Phi) is 5.63. The molecule has 1 fully saturated rings. The standard InChI is InChI=1S/C19H30N2O/c1-15-9-12-21(13-10-15)14-11-18(22)20-17-7-5-16(6-8-17)19(2,3)4/h5-8,15H,9-14H2,1-4H3,(H,20,22). The van der Waals surface area contributed by atoms with Crippen LogP contribution in [-0.2, 0) is 10.2 Å². The van der Waals surface area contributed by atoms with Crippen molar-refractivity contribution in [2.45, 2.75) is 52.4 Å². The highest BCUT2D eigenvalue weighted by Gasteiger charge is 2.16. The number of anilines is 1. The van der Waals surface area contributed by atoms with Crippen LogP contribution in [0.4, 0.5) is 5.69 Å². The number of carbonyl (C=O) groups excluding carboxylic acids is 1. The van der Waals surface area contributed by atoms with E-state index in [1.165, 1.54) is 18.4 Å². The maximum Gasteiger partial charge on any atom is 0.225 e. The molecule has 1 saturated heterocycles. The van der Waals surface area contributed by atoms with Crippen molar-refractivity contribution in [3.8, 4) is 0 Å². The Hall–Kier alpha value is -1.35. The molecule has 0 spiro atoms. The zero-order valence-corrected chi connectivity index (χ0v) is 14.5. The first-order valence-electron chi connectivity index (χ1n) is 8.47. The molecule has 0 aliphatic carbocycles. The highest BCUT2D eigenvalue weighted by atomic mass is 16.1. The van der Waals surface area contributed by atoms with Gasteiger partial charge in [-0.1, -0.05) is 39.8 Å². The Balaban J connectivity index is 1.77. The van der Waals surface area contributed by atoms with E-state index in [-0.39, 0.29) is 11.3 Å². The van der Waals surface area contributed by atoms with Crippen LogP contribution in [0.1, 0.15) is 52.5 Å². The molecule has 1 aromatic rings. The van der Waals surface area contributed by atoms with Crippen LogP contribution >= 0.6 is 0 Å². The third-order valence-electron chi connectivity index (χ3n) is 4.57. The first kappa shape index (κ1) is 17.0. The molecule has 0 unspecified atom stereocenters. The van der Waals surface area contributed by atoms with Gasteiger partial charge in [0.25, 0.3) is 0 Å². The number of nitrogens with one attached hydrogen (secondary N) is 1. The van der Waals surface area contributed by atoms with Crippen LogP contribution in [0.25, 0.3) is 0 Å². The lowest BCUT2D eigenvalue weighted by Gasteiger charge is -2.29. The van der Waals surface area contributed by atoms with E-state index in [2.05, 4.69) is 50.0 Å². The number of benzene rings is 1. The van der Waals surface area contributed by atoms with Crippen molar-refractivity contribution in [1.29, 1.82) is 0 Å². The Morgan fingerprint density at radius 2 is 1.77 bits per heavy atom. The number of hydrogen-bond donors (Lipinski definition) is 1. The molecule has 3 nitrogen and oxygen atoms in total. The third kappa shape index (κ3) is 5.13. The van der Waals surface area contributed by atoms with Gasteiger partial charge in [0.2, 0.25) is 5.91 Å². The first-order chi connectivity index (χ1) is 10.3. The molecule has 22 heavy (non-hydrogen) atoms. The second-order valence-corrected chi connectivity index (χ2v) is 7.65. The molecule has 2 rings (SSSR count). The van der Waals surface area contributed by atoms with Crippen molar-refractivity contribution in [2.75, 3.05) is 25.0 Å². The Bertz CT molecular complexity index is 479. The summed E-state index contributed by atoms with van der Waals surface area (Å²) in [4.78, 5) is 14.5. The molecule has 0 bridgehead atoms. The molecule has 1 aliphatic heterocycles. The lowest BCUT2D eigenvalue weighted by Crippen LogP contribution is -2.35. The van der Waals surface area contributed by atoms with Gasteiger partial charge in [0.15, 0.2) is 0 Å². The fourth-order valence-electron chi connectivity index (χ4n) is 2.82. The highest BCUT2D eigenvalue weighted by molar-refractivity contribution is 5.90. The lowest BCUT2D eigenvalue weighted by molar-refractivity contribution is -0.116. The summed E-state index contributed by atoms with van der Waals surface area (Å²) in [7, 11) is 0. The van der Waals surface area contributed by atoms with Crippen molar-refractivity contribution in [3.05, 3.63) is 29.8 Å². The van der Waals surface area contributed by atoms with Crippen LogP contribution in [0.2, 0.25) is 0 Å². The average Bonchev–Trinajstić information content (AvgIpc) is 2.46. The normalized spacial score (nSPS) is 17.5. The van der Waals surface area contributed by atoms with Crippen LogP contribution in [0.15, 0.2) is 24.3 Å². The van der Waals surface area contributed by atoms with Gasteiger partial charge in [-0.2, -0.15) is 0 Å². The smallest absolute Gasteiger partial charge is 0.225 e. The van der Waals surface area contributed by atoms with E-state index in [4.69, 9.17) is 0 Å². The molecule has 122 valence electrons. The fraction of sp³-hybridized carbons (Fsp3) is 0.632. The number of carbonyl (C=O) groups is 1. The maximum absolute atomic E-state index is 12.1. The number of piperidine rings is 1. The molecule has 1 aromatic carbocycles. The van der Waals surface area contributed by atoms with E-state index in [1.807, 2.05) is 12.1 Å². The van der Waals surface area contributed by atoms with Gasteiger partial charge >= 0.3 is 0 Å². The van der Waals surface area contributed by atoms with Crippen molar-refractivity contribution in [2.24, 2.45) is 5.92 Å². The SMILES string of the molecule is CC1CCN(CCC(=O)Nc2ccc(C(C)(C)C)cc2)CC1. The van der Waals surface area contributed by atoms with Crippen molar-refractivity contribution >= 4 is 11.6 Å². The minimum Gasteiger partial charge on any atom is -0.326 e. The van der Waals surface area contributed by atoms with Gasteiger partial charge in [0.1, 0.15) is 0 Å². The summed E-state index contributed by atoms with van der Waals surface area (Å²) >= 11 is 0. The summed E-state index contributed by atoms with van der Waals surface area (Å²) in [6.45, 7) is 12.0. The van der Waals surface area contributed by atoms with Gasteiger partial charge in [-0.05, 0) is 55.0 Å². The minimum atomic E-state index is 0.113. The molecule has 3 heteroatoms. The van der Waals surface area contributed by atoms with Crippen molar-refractivity contribution < 1.29 is 4.79 Å². The summed E-state index contributed by atoms with van der Waals surface area (Å²) in [6.07, 6.45) is 3.10. The van der Waals surface area contributed by atoms with Crippen LogP contribution in [-0.4, -0.2) is 30.4 Å². The van der Waals surface area contributed by atoms with E-state index in [1.54, 1.807) is 0 Å². The van der Waals surface area contributed by atoms with E-state index in [9.17, 15) is 4.79 Å². The number of amides is 1. The molecular formula is C19H30N2O. The molecule has 0 saturated carbocycles. The second kappa shape index (κ2) is 7.28. The van der Waals surface area contributed by atoms with Gasteiger partial charge in [0, 0.05) is 18.7 Å². The molecule has 1 heterocycles. The Labute approximate surface area is 135 Å².